The molecule has 7 heteroatoms. The Morgan fingerprint density at radius 1 is 1.41 bits per heavy atom. The summed E-state index contributed by atoms with van der Waals surface area (Å²) in [6, 6.07) is -0.516. The second-order valence-electron chi connectivity index (χ2n) is 5.26. The quantitative estimate of drug-likeness (QED) is 0.332. The van der Waals surface area contributed by atoms with Crippen molar-refractivity contribution in [3.63, 3.8) is 0 Å². The van der Waals surface area contributed by atoms with Crippen LogP contribution in [-0.2, 0) is 10.0 Å². The van der Waals surface area contributed by atoms with Crippen molar-refractivity contribution < 1.29 is 13.6 Å². The molecule has 1 heterocycles. The number of rotatable bonds is 2. The summed E-state index contributed by atoms with van der Waals surface area (Å²) in [5.74, 6) is -0.0301. The monoisotopic (exact) mass is 263 g/mol. The second kappa shape index (κ2) is 4.81. The van der Waals surface area contributed by atoms with Gasteiger partial charge in [0.1, 0.15) is 0 Å². The molecule has 1 atom stereocenters. The second-order valence-corrected chi connectivity index (χ2v) is 7.91. The zero-order valence-corrected chi connectivity index (χ0v) is 11.4. The summed E-state index contributed by atoms with van der Waals surface area (Å²) in [6.07, 6.45) is 2.30. The topological polar surface area (TPSA) is 96.0 Å². The Kier molecular flexibility index (Phi) is 4.03. The third-order valence-corrected chi connectivity index (χ3v) is 5.60. The summed E-state index contributed by atoms with van der Waals surface area (Å²) >= 11 is 0. The Bertz CT molecular complexity index is 398. The average Bonchev–Trinajstić information content (AvgIpc) is 2.26. The number of hydrogen-bond donors (Lipinski definition) is 2. The zero-order valence-electron chi connectivity index (χ0n) is 10.5. The van der Waals surface area contributed by atoms with Crippen molar-refractivity contribution in [1.82, 2.24) is 4.31 Å². The predicted octanol–water partition coefficient (Wildman–Crippen LogP) is 0.716. The summed E-state index contributed by atoms with van der Waals surface area (Å²) in [5.41, 5.74) is 5.57. The van der Waals surface area contributed by atoms with E-state index in [2.05, 4.69) is 5.16 Å². The van der Waals surface area contributed by atoms with E-state index in [1.807, 2.05) is 0 Å². The highest BCUT2D eigenvalue weighted by Crippen LogP contribution is 2.27. The highest BCUT2D eigenvalue weighted by atomic mass is 32.2. The molecule has 3 N–H and O–H groups in total. The first-order chi connectivity index (χ1) is 7.71. The van der Waals surface area contributed by atoms with Crippen molar-refractivity contribution in [3.8, 4) is 0 Å². The van der Waals surface area contributed by atoms with Gasteiger partial charge in [-0.3, -0.25) is 0 Å². The Labute approximate surface area is 103 Å². The first-order valence-electron chi connectivity index (χ1n) is 5.70. The summed E-state index contributed by atoms with van der Waals surface area (Å²) in [4.78, 5) is 0. The molecule has 0 amide bonds. The van der Waals surface area contributed by atoms with Crippen molar-refractivity contribution in [2.24, 2.45) is 10.9 Å². The minimum atomic E-state index is -3.44. The molecule has 100 valence electrons. The molecule has 0 spiro atoms. The molecule has 1 aliphatic rings. The molecule has 0 aliphatic carbocycles. The molecule has 1 saturated heterocycles. The normalized spacial score (nSPS) is 24.9. The number of nitrogens with two attached hydrogens (primary N) is 1. The Morgan fingerprint density at radius 3 is 2.47 bits per heavy atom. The van der Waals surface area contributed by atoms with Crippen LogP contribution in [0.15, 0.2) is 5.16 Å². The van der Waals surface area contributed by atoms with Crippen LogP contribution in [0.1, 0.15) is 40.0 Å². The Hall–Kier alpha value is -0.820. The van der Waals surface area contributed by atoms with Crippen LogP contribution in [0.4, 0.5) is 0 Å². The molecule has 1 unspecified atom stereocenters. The van der Waals surface area contributed by atoms with Crippen molar-refractivity contribution in [2.45, 2.75) is 50.8 Å². The van der Waals surface area contributed by atoms with Crippen molar-refractivity contribution in [1.29, 1.82) is 0 Å². The molecule has 0 radical (unpaired) electrons. The van der Waals surface area contributed by atoms with Gasteiger partial charge in [-0.1, -0.05) is 11.6 Å². The highest BCUT2D eigenvalue weighted by Gasteiger charge is 2.41. The van der Waals surface area contributed by atoms with Gasteiger partial charge in [0.2, 0.25) is 10.0 Å². The fraction of sp³-hybridized carbons (Fsp3) is 0.900. The lowest BCUT2D eigenvalue weighted by Gasteiger charge is -2.37. The molecule has 0 bridgehead atoms. The Balaban J connectivity index is 3.09. The maximum atomic E-state index is 12.4. The van der Waals surface area contributed by atoms with Gasteiger partial charge in [0.15, 0.2) is 5.84 Å². The van der Waals surface area contributed by atoms with E-state index in [0.29, 0.717) is 13.0 Å². The van der Waals surface area contributed by atoms with Crippen LogP contribution in [0.25, 0.3) is 0 Å². The van der Waals surface area contributed by atoms with Crippen LogP contribution >= 0.6 is 0 Å². The highest BCUT2D eigenvalue weighted by molar-refractivity contribution is 7.90. The fourth-order valence-electron chi connectivity index (χ4n) is 1.91. The van der Waals surface area contributed by atoms with Gasteiger partial charge in [-0.25, -0.2) is 8.42 Å². The largest absolute Gasteiger partial charge is 0.409 e. The molecule has 17 heavy (non-hydrogen) atoms. The molecule has 1 fully saturated rings. The number of nitrogens with zero attached hydrogens (tertiary/aromatic N) is 2. The molecule has 0 aromatic heterocycles. The van der Waals surface area contributed by atoms with Crippen molar-refractivity contribution in [2.75, 3.05) is 6.54 Å². The number of amidine groups is 1. The maximum Gasteiger partial charge on any atom is 0.219 e. The van der Waals surface area contributed by atoms with Crippen molar-refractivity contribution >= 4 is 15.9 Å². The van der Waals surface area contributed by atoms with E-state index in [9.17, 15) is 8.42 Å². The van der Waals surface area contributed by atoms with Gasteiger partial charge in [-0.05, 0) is 33.6 Å². The predicted molar refractivity (Wildman–Crippen MR) is 66.4 cm³/mol. The lowest BCUT2D eigenvalue weighted by Crippen LogP contribution is -2.54. The van der Waals surface area contributed by atoms with E-state index < -0.39 is 20.8 Å². The molecule has 0 aromatic rings. The Morgan fingerprint density at radius 2 is 2.00 bits per heavy atom. The van der Waals surface area contributed by atoms with Gasteiger partial charge >= 0.3 is 0 Å². The van der Waals surface area contributed by atoms with Crippen LogP contribution in [0.3, 0.4) is 0 Å². The van der Waals surface area contributed by atoms with Gasteiger partial charge in [0.05, 0.1) is 10.8 Å². The van der Waals surface area contributed by atoms with E-state index in [4.69, 9.17) is 10.9 Å². The molecule has 1 rings (SSSR count). The lowest BCUT2D eigenvalue weighted by molar-refractivity contribution is 0.276. The summed E-state index contributed by atoms with van der Waals surface area (Å²) in [5, 5.41) is 11.7. The van der Waals surface area contributed by atoms with Crippen LogP contribution in [0.5, 0.6) is 0 Å². The zero-order chi connectivity index (χ0) is 13.3. The molecular formula is C10H21N3O3S. The lowest BCUT2D eigenvalue weighted by atomic mass is 10.0. The van der Waals surface area contributed by atoms with Gasteiger partial charge < -0.3 is 10.9 Å². The molecule has 0 aromatic carbocycles. The minimum absolute atomic E-state index is 0.0301. The van der Waals surface area contributed by atoms with E-state index in [1.54, 1.807) is 20.8 Å². The maximum absolute atomic E-state index is 12.4. The van der Waals surface area contributed by atoms with E-state index in [1.165, 1.54) is 4.31 Å². The van der Waals surface area contributed by atoms with Gasteiger partial charge in [-0.15, -0.1) is 0 Å². The van der Waals surface area contributed by atoms with Crippen LogP contribution < -0.4 is 5.73 Å². The number of oxime groups is 1. The standard InChI is InChI=1S/C10H21N3O3S/c1-10(2,3)17(15,16)13-7-5-4-6-8(13)9(11)12-14/h8,14H,4-7H2,1-3H3,(H2,11,12). The summed E-state index contributed by atoms with van der Waals surface area (Å²) < 4.78 is 25.2. The first-order valence-corrected chi connectivity index (χ1v) is 7.14. The SMILES string of the molecule is CC(C)(C)S(=O)(=O)N1CCCCC1C(N)=NO. The van der Waals surface area contributed by atoms with Crippen molar-refractivity contribution in [3.05, 3.63) is 0 Å². The third-order valence-electron chi connectivity index (χ3n) is 2.99. The fourth-order valence-corrected chi connectivity index (χ4v) is 3.53. The summed E-state index contributed by atoms with van der Waals surface area (Å²) in [6.45, 7) is 5.39. The van der Waals surface area contributed by atoms with Gasteiger partial charge in [0.25, 0.3) is 0 Å². The third kappa shape index (κ3) is 2.71. The first kappa shape index (κ1) is 14.2. The number of piperidine rings is 1. The number of hydrogen-bond acceptors (Lipinski definition) is 4. The van der Waals surface area contributed by atoms with E-state index in [0.717, 1.165) is 12.8 Å². The van der Waals surface area contributed by atoms with E-state index >= 15 is 0 Å². The summed E-state index contributed by atoms with van der Waals surface area (Å²) in [7, 11) is -3.44. The van der Waals surface area contributed by atoms with Crippen LogP contribution in [0, 0.1) is 0 Å². The van der Waals surface area contributed by atoms with Crippen LogP contribution in [-0.4, -0.2) is 41.1 Å². The molecule has 1 aliphatic heterocycles. The van der Waals surface area contributed by atoms with E-state index in [-0.39, 0.29) is 5.84 Å². The minimum Gasteiger partial charge on any atom is -0.409 e. The molecular weight excluding hydrogens is 242 g/mol. The average molecular weight is 263 g/mol. The molecule has 6 nitrogen and oxygen atoms in total. The molecule has 0 saturated carbocycles. The number of sulfonamides is 1. The van der Waals surface area contributed by atoms with Gasteiger partial charge in [0, 0.05) is 6.54 Å². The van der Waals surface area contributed by atoms with Crippen LogP contribution in [0.2, 0.25) is 0 Å². The smallest absolute Gasteiger partial charge is 0.219 e. The van der Waals surface area contributed by atoms with Gasteiger partial charge in [-0.2, -0.15) is 4.31 Å².